The summed E-state index contributed by atoms with van der Waals surface area (Å²) in [5.74, 6) is -0.290. The van der Waals surface area contributed by atoms with Crippen LogP contribution >= 0.6 is 0 Å². The number of amides is 2. The molecule has 0 aliphatic carbocycles. The van der Waals surface area contributed by atoms with Crippen LogP contribution < -0.4 is 4.90 Å². The third-order valence-electron chi connectivity index (χ3n) is 6.22. The molecule has 1 atom stereocenters. The third-order valence-corrected chi connectivity index (χ3v) is 6.22. The monoisotopic (exact) mass is 398 g/mol. The van der Waals surface area contributed by atoms with Gasteiger partial charge in [-0.15, -0.1) is 0 Å². The Morgan fingerprint density at radius 1 is 1.03 bits per heavy atom. The van der Waals surface area contributed by atoms with E-state index in [0.29, 0.717) is 25.2 Å². The van der Waals surface area contributed by atoms with Crippen LogP contribution in [0.1, 0.15) is 24.1 Å². The lowest BCUT2D eigenvalue weighted by Crippen LogP contribution is -2.44. The van der Waals surface area contributed by atoms with Crippen LogP contribution in [-0.2, 0) is 29.1 Å². The SMILES string of the molecule is N#CCCn1c2c(c3ccccc31)CCN([C@@H]1CC(=O)N(c3ccccc3)C1=O)C2. The van der Waals surface area contributed by atoms with Gasteiger partial charge in [-0.25, -0.2) is 4.90 Å². The average Bonchev–Trinajstić information content (AvgIpc) is 3.26. The van der Waals surface area contributed by atoms with E-state index in [1.807, 2.05) is 30.3 Å². The van der Waals surface area contributed by atoms with E-state index >= 15 is 0 Å². The molecular formula is C24H22N4O2. The van der Waals surface area contributed by atoms with E-state index in [1.54, 1.807) is 12.1 Å². The Balaban J connectivity index is 1.47. The average molecular weight is 398 g/mol. The van der Waals surface area contributed by atoms with Gasteiger partial charge in [0.15, 0.2) is 0 Å². The van der Waals surface area contributed by atoms with Crippen molar-refractivity contribution in [2.45, 2.75) is 38.4 Å². The molecule has 0 bridgehead atoms. The highest BCUT2D eigenvalue weighted by molar-refractivity contribution is 6.22. The molecule has 0 unspecified atom stereocenters. The highest BCUT2D eigenvalue weighted by Crippen LogP contribution is 2.34. The minimum Gasteiger partial charge on any atom is -0.342 e. The first kappa shape index (κ1) is 18.6. The van der Waals surface area contributed by atoms with Gasteiger partial charge in [0.05, 0.1) is 30.6 Å². The van der Waals surface area contributed by atoms with Gasteiger partial charge in [0.25, 0.3) is 5.91 Å². The van der Waals surface area contributed by atoms with Crippen LogP contribution in [0, 0.1) is 11.3 Å². The number of hydrogen-bond donors (Lipinski definition) is 0. The number of benzene rings is 2. The zero-order chi connectivity index (χ0) is 20.7. The van der Waals surface area contributed by atoms with Crippen molar-refractivity contribution >= 4 is 28.4 Å². The van der Waals surface area contributed by atoms with E-state index in [-0.39, 0.29) is 18.2 Å². The fourth-order valence-electron chi connectivity index (χ4n) is 4.85. The van der Waals surface area contributed by atoms with Crippen molar-refractivity contribution in [3.63, 3.8) is 0 Å². The second-order valence-electron chi connectivity index (χ2n) is 7.85. The number of nitriles is 1. The molecular weight excluding hydrogens is 376 g/mol. The van der Waals surface area contributed by atoms with E-state index in [2.05, 4.69) is 27.7 Å². The molecule has 3 aromatic rings. The topological polar surface area (TPSA) is 69.3 Å². The quantitative estimate of drug-likeness (QED) is 0.633. The van der Waals surface area contributed by atoms with Crippen LogP contribution in [0.2, 0.25) is 0 Å². The first-order chi connectivity index (χ1) is 14.7. The molecule has 2 aliphatic rings. The minimum absolute atomic E-state index is 0.144. The maximum atomic E-state index is 13.2. The standard InChI is InChI=1S/C24H22N4O2/c25-12-6-13-27-20-10-5-4-9-18(20)19-11-14-26(16-22(19)27)21-15-23(29)28(24(21)30)17-7-2-1-3-8-17/h1-5,7-10,21H,6,11,13-16H2/t21-/m1/s1. The summed E-state index contributed by atoms with van der Waals surface area (Å²) >= 11 is 0. The molecule has 6 heteroatoms. The molecule has 30 heavy (non-hydrogen) atoms. The van der Waals surface area contributed by atoms with Crippen molar-refractivity contribution < 1.29 is 9.59 Å². The Bertz CT molecular complexity index is 1180. The highest BCUT2D eigenvalue weighted by Gasteiger charge is 2.43. The second kappa shape index (κ2) is 7.43. The number of carbonyl (C=O) groups is 2. The van der Waals surface area contributed by atoms with Crippen LogP contribution in [0.25, 0.3) is 10.9 Å². The van der Waals surface area contributed by atoms with Gasteiger partial charge in [0.1, 0.15) is 0 Å². The predicted octanol–water partition coefficient (Wildman–Crippen LogP) is 3.25. The number of hydrogen-bond acceptors (Lipinski definition) is 4. The summed E-state index contributed by atoms with van der Waals surface area (Å²) in [6.45, 7) is 1.99. The zero-order valence-corrected chi connectivity index (χ0v) is 16.6. The van der Waals surface area contributed by atoms with Crippen molar-refractivity contribution in [3.05, 3.63) is 65.9 Å². The normalized spacial score (nSPS) is 19.3. The third kappa shape index (κ3) is 2.90. The van der Waals surface area contributed by atoms with Gasteiger partial charge in [0, 0.05) is 36.2 Å². The van der Waals surface area contributed by atoms with Crippen LogP contribution in [0.4, 0.5) is 5.69 Å². The van der Waals surface area contributed by atoms with E-state index in [0.717, 1.165) is 24.2 Å². The van der Waals surface area contributed by atoms with Gasteiger partial charge in [-0.05, 0) is 30.2 Å². The number of fused-ring (bicyclic) bond motifs is 3. The van der Waals surface area contributed by atoms with Crippen molar-refractivity contribution in [3.8, 4) is 6.07 Å². The smallest absolute Gasteiger partial charge is 0.251 e. The Morgan fingerprint density at radius 3 is 2.60 bits per heavy atom. The van der Waals surface area contributed by atoms with Gasteiger partial charge >= 0.3 is 0 Å². The molecule has 6 nitrogen and oxygen atoms in total. The summed E-state index contributed by atoms with van der Waals surface area (Å²) in [6, 6.07) is 19.2. The lowest BCUT2D eigenvalue weighted by atomic mass is 10.0. The van der Waals surface area contributed by atoms with Crippen molar-refractivity contribution in [1.82, 2.24) is 9.47 Å². The number of para-hydroxylation sites is 2. The molecule has 2 amide bonds. The highest BCUT2D eigenvalue weighted by atomic mass is 16.2. The molecule has 5 rings (SSSR count). The molecule has 0 saturated carbocycles. The fraction of sp³-hybridized carbons (Fsp3) is 0.292. The van der Waals surface area contributed by atoms with Gasteiger partial charge in [-0.2, -0.15) is 5.26 Å². The van der Waals surface area contributed by atoms with Crippen LogP contribution in [-0.4, -0.2) is 33.9 Å². The predicted molar refractivity (Wildman–Crippen MR) is 114 cm³/mol. The first-order valence-corrected chi connectivity index (χ1v) is 10.3. The molecule has 0 radical (unpaired) electrons. The zero-order valence-electron chi connectivity index (χ0n) is 16.6. The first-order valence-electron chi connectivity index (χ1n) is 10.3. The van der Waals surface area contributed by atoms with Gasteiger partial charge < -0.3 is 4.57 Å². The van der Waals surface area contributed by atoms with E-state index in [1.165, 1.54) is 15.8 Å². The van der Waals surface area contributed by atoms with Crippen LogP contribution in [0.3, 0.4) is 0 Å². The molecule has 2 aliphatic heterocycles. The largest absolute Gasteiger partial charge is 0.342 e. The molecule has 1 fully saturated rings. The number of anilines is 1. The maximum Gasteiger partial charge on any atom is 0.251 e. The number of nitrogens with zero attached hydrogens (tertiary/aromatic N) is 4. The van der Waals surface area contributed by atoms with E-state index in [9.17, 15) is 9.59 Å². The van der Waals surface area contributed by atoms with Crippen molar-refractivity contribution in [2.75, 3.05) is 11.4 Å². The summed E-state index contributed by atoms with van der Waals surface area (Å²) < 4.78 is 2.22. The Labute approximate surface area is 174 Å². The van der Waals surface area contributed by atoms with Gasteiger partial charge in [0.2, 0.25) is 5.91 Å². The number of aromatic nitrogens is 1. The Hall–Kier alpha value is -3.43. The summed E-state index contributed by atoms with van der Waals surface area (Å²) in [7, 11) is 0. The van der Waals surface area contributed by atoms with Crippen LogP contribution in [0.15, 0.2) is 54.6 Å². The van der Waals surface area contributed by atoms with Crippen LogP contribution in [0.5, 0.6) is 0 Å². The Morgan fingerprint density at radius 2 is 1.80 bits per heavy atom. The van der Waals surface area contributed by atoms with E-state index < -0.39 is 6.04 Å². The summed E-state index contributed by atoms with van der Waals surface area (Å²) in [5, 5.41) is 10.3. The minimum atomic E-state index is -0.437. The molecule has 0 spiro atoms. The van der Waals surface area contributed by atoms with E-state index in [4.69, 9.17) is 5.26 Å². The maximum absolute atomic E-state index is 13.2. The lowest BCUT2D eigenvalue weighted by molar-refractivity contribution is -0.123. The molecule has 3 heterocycles. The van der Waals surface area contributed by atoms with Gasteiger partial charge in [-0.3, -0.25) is 14.5 Å². The molecule has 150 valence electrons. The fourth-order valence-corrected chi connectivity index (χ4v) is 4.85. The molecule has 1 saturated heterocycles. The molecule has 2 aromatic carbocycles. The summed E-state index contributed by atoms with van der Waals surface area (Å²) in [6.07, 6.45) is 1.48. The van der Waals surface area contributed by atoms with Crippen molar-refractivity contribution in [2.24, 2.45) is 0 Å². The summed E-state index contributed by atoms with van der Waals surface area (Å²) in [4.78, 5) is 29.3. The Kier molecular flexibility index (Phi) is 4.61. The van der Waals surface area contributed by atoms with Crippen molar-refractivity contribution in [1.29, 1.82) is 5.26 Å². The number of imide groups is 1. The van der Waals surface area contributed by atoms with Gasteiger partial charge in [-0.1, -0.05) is 36.4 Å². The lowest BCUT2D eigenvalue weighted by Gasteiger charge is -2.32. The number of carbonyl (C=O) groups excluding carboxylic acids is 2. The molecule has 1 aromatic heterocycles. The number of rotatable bonds is 4. The molecule has 0 N–H and O–H groups in total. The number of aryl methyl sites for hydroxylation is 1. The summed E-state index contributed by atoms with van der Waals surface area (Å²) in [5.41, 5.74) is 4.24. The second-order valence-corrected chi connectivity index (χ2v) is 7.85.